The number of amides is 2. The molecule has 1 fully saturated rings. The van der Waals surface area contributed by atoms with Gasteiger partial charge in [-0.1, -0.05) is 18.2 Å². The maximum absolute atomic E-state index is 12.6. The molecule has 0 radical (unpaired) electrons. The summed E-state index contributed by atoms with van der Waals surface area (Å²) in [6, 6.07) is 12.9. The van der Waals surface area contributed by atoms with Crippen molar-refractivity contribution < 1.29 is 18.0 Å². The minimum absolute atomic E-state index is 0.0429. The predicted molar refractivity (Wildman–Crippen MR) is 123 cm³/mol. The van der Waals surface area contributed by atoms with Gasteiger partial charge in [-0.3, -0.25) is 9.59 Å². The first-order valence-electron chi connectivity index (χ1n) is 11.2. The van der Waals surface area contributed by atoms with Crippen molar-refractivity contribution in [1.29, 1.82) is 0 Å². The van der Waals surface area contributed by atoms with Crippen molar-refractivity contribution in [3.05, 3.63) is 59.2 Å². The van der Waals surface area contributed by atoms with Crippen LogP contribution in [0.3, 0.4) is 0 Å². The summed E-state index contributed by atoms with van der Waals surface area (Å²) in [5.41, 5.74) is 4.13. The zero-order chi connectivity index (χ0) is 22.6. The zero-order valence-electron chi connectivity index (χ0n) is 18.1. The lowest BCUT2D eigenvalue weighted by Crippen LogP contribution is -2.30. The fourth-order valence-corrected chi connectivity index (χ4v) is 5.35. The highest BCUT2D eigenvalue weighted by atomic mass is 32.2. The third kappa shape index (κ3) is 5.37. The molecular formula is C24H29N3O4S. The molecule has 7 nitrogen and oxygen atoms in total. The van der Waals surface area contributed by atoms with Crippen LogP contribution in [0.1, 0.15) is 48.8 Å². The molecule has 1 aliphatic carbocycles. The van der Waals surface area contributed by atoms with Gasteiger partial charge in [0.05, 0.1) is 4.90 Å². The summed E-state index contributed by atoms with van der Waals surface area (Å²) >= 11 is 0. The standard InChI is InChI=1S/C24H29N3O4S/c28-23(25-17-18-7-10-21(11-8-18)27-15-3-6-24(27)29)13-14-26-32(30,31)22-12-9-19-4-1-2-5-20(19)16-22/h7-12,16,26H,1-6,13-15,17H2,(H,25,28). The van der Waals surface area contributed by atoms with E-state index in [9.17, 15) is 18.0 Å². The lowest BCUT2D eigenvalue weighted by Gasteiger charge is -2.17. The summed E-state index contributed by atoms with van der Waals surface area (Å²) in [6.07, 6.45) is 5.68. The average Bonchev–Trinajstić information content (AvgIpc) is 3.23. The van der Waals surface area contributed by atoms with Crippen molar-refractivity contribution in [3.63, 3.8) is 0 Å². The van der Waals surface area contributed by atoms with Gasteiger partial charge in [-0.2, -0.15) is 0 Å². The van der Waals surface area contributed by atoms with Gasteiger partial charge in [0.15, 0.2) is 0 Å². The van der Waals surface area contributed by atoms with Crippen molar-refractivity contribution in [2.45, 2.75) is 56.4 Å². The molecule has 2 aromatic carbocycles. The molecule has 170 valence electrons. The van der Waals surface area contributed by atoms with Gasteiger partial charge in [0.1, 0.15) is 0 Å². The van der Waals surface area contributed by atoms with E-state index in [2.05, 4.69) is 10.0 Å². The number of sulfonamides is 1. The Labute approximate surface area is 189 Å². The Bertz CT molecular complexity index is 1100. The fraction of sp³-hybridized carbons (Fsp3) is 0.417. The molecule has 1 saturated heterocycles. The van der Waals surface area contributed by atoms with Crippen molar-refractivity contribution in [3.8, 4) is 0 Å². The molecule has 1 aliphatic heterocycles. The summed E-state index contributed by atoms with van der Waals surface area (Å²) in [4.78, 5) is 26.0. The Balaban J connectivity index is 1.23. The minimum Gasteiger partial charge on any atom is -0.352 e. The largest absolute Gasteiger partial charge is 0.352 e. The van der Waals surface area contributed by atoms with Crippen LogP contribution in [0, 0.1) is 0 Å². The molecule has 0 unspecified atom stereocenters. The van der Waals surface area contributed by atoms with Crippen molar-refractivity contribution in [1.82, 2.24) is 10.0 Å². The number of hydrogen-bond acceptors (Lipinski definition) is 4. The van der Waals surface area contributed by atoms with Crippen LogP contribution in [0.2, 0.25) is 0 Å². The predicted octanol–water partition coefficient (Wildman–Crippen LogP) is 2.68. The Morgan fingerprint density at radius 1 is 0.938 bits per heavy atom. The molecule has 0 saturated carbocycles. The molecule has 0 aromatic heterocycles. The van der Waals surface area contributed by atoms with Crippen molar-refractivity contribution in [2.75, 3.05) is 18.0 Å². The molecule has 8 heteroatoms. The molecule has 0 spiro atoms. The van der Waals surface area contributed by atoms with Crippen LogP contribution < -0.4 is 14.9 Å². The first kappa shape index (κ1) is 22.5. The minimum atomic E-state index is -3.64. The van der Waals surface area contributed by atoms with Crippen LogP contribution in [0.25, 0.3) is 0 Å². The van der Waals surface area contributed by atoms with E-state index in [1.54, 1.807) is 17.0 Å². The number of benzene rings is 2. The summed E-state index contributed by atoms with van der Waals surface area (Å²) in [7, 11) is -3.64. The number of carbonyl (C=O) groups excluding carboxylic acids is 2. The van der Waals surface area contributed by atoms with Crippen LogP contribution in [0.15, 0.2) is 47.4 Å². The van der Waals surface area contributed by atoms with Gasteiger partial charge in [0, 0.05) is 38.2 Å². The van der Waals surface area contributed by atoms with Gasteiger partial charge in [0.2, 0.25) is 21.8 Å². The molecule has 2 aliphatic rings. The number of nitrogens with zero attached hydrogens (tertiary/aromatic N) is 1. The Morgan fingerprint density at radius 2 is 1.69 bits per heavy atom. The lowest BCUT2D eigenvalue weighted by molar-refractivity contribution is -0.121. The van der Waals surface area contributed by atoms with Crippen LogP contribution in [-0.2, 0) is 39.0 Å². The number of aryl methyl sites for hydroxylation is 2. The molecule has 4 rings (SSSR count). The number of carbonyl (C=O) groups is 2. The van der Waals surface area contributed by atoms with E-state index in [1.807, 2.05) is 30.3 Å². The Kier molecular flexibility index (Phi) is 6.91. The van der Waals surface area contributed by atoms with Gasteiger partial charge in [-0.05, 0) is 73.1 Å². The van der Waals surface area contributed by atoms with Crippen LogP contribution in [0.4, 0.5) is 5.69 Å². The first-order valence-corrected chi connectivity index (χ1v) is 12.7. The van der Waals surface area contributed by atoms with Crippen molar-refractivity contribution in [2.24, 2.45) is 0 Å². The van der Waals surface area contributed by atoms with Gasteiger partial charge in [-0.25, -0.2) is 13.1 Å². The quantitative estimate of drug-likeness (QED) is 0.640. The van der Waals surface area contributed by atoms with E-state index in [4.69, 9.17) is 0 Å². The van der Waals surface area contributed by atoms with Gasteiger partial charge in [-0.15, -0.1) is 0 Å². The van der Waals surface area contributed by atoms with Crippen molar-refractivity contribution >= 4 is 27.5 Å². The fourth-order valence-electron chi connectivity index (χ4n) is 4.26. The summed E-state index contributed by atoms with van der Waals surface area (Å²) in [5.74, 6) is -0.0826. The van der Waals surface area contributed by atoms with Crippen LogP contribution in [-0.4, -0.2) is 33.3 Å². The molecule has 32 heavy (non-hydrogen) atoms. The normalized spacial score (nSPS) is 16.1. The Hall–Kier alpha value is -2.71. The first-order chi connectivity index (χ1) is 15.4. The highest BCUT2D eigenvalue weighted by Crippen LogP contribution is 2.24. The number of hydrogen-bond donors (Lipinski definition) is 2. The second-order valence-electron chi connectivity index (χ2n) is 8.38. The van der Waals surface area contributed by atoms with E-state index in [1.165, 1.54) is 5.56 Å². The third-order valence-electron chi connectivity index (χ3n) is 6.09. The van der Waals surface area contributed by atoms with E-state index in [0.717, 1.165) is 55.5 Å². The second-order valence-corrected chi connectivity index (χ2v) is 10.1. The zero-order valence-corrected chi connectivity index (χ0v) is 18.9. The number of fused-ring (bicyclic) bond motifs is 1. The lowest BCUT2D eigenvalue weighted by atomic mass is 9.92. The number of rotatable bonds is 8. The average molecular weight is 456 g/mol. The molecule has 2 aromatic rings. The second kappa shape index (κ2) is 9.83. The topological polar surface area (TPSA) is 95.6 Å². The molecule has 1 heterocycles. The maximum Gasteiger partial charge on any atom is 0.240 e. The number of nitrogens with one attached hydrogen (secondary N) is 2. The third-order valence-corrected chi connectivity index (χ3v) is 7.54. The molecule has 0 bridgehead atoms. The van der Waals surface area contributed by atoms with Gasteiger partial charge < -0.3 is 10.2 Å². The van der Waals surface area contributed by atoms with Gasteiger partial charge >= 0.3 is 0 Å². The molecular weight excluding hydrogens is 426 g/mol. The number of anilines is 1. The highest BCUT2D eigenvalue weighted by molar-refractivity contribution is 7.89. The maximum atomic E-state index is 12.6. The SMILES string of the molecule is O=C(CCNS(=O)(=O)c1ccc2c(c1)CCCC2)NCc1ccc(N2CCCC2=O)cc1. The monoisotopic (exact) mass is 455 g/mol. The van der Waals surface area contributed by atoms with Crippen LogP contribution in [0.5, 0.6) is 0 Å². The van der Waals surface area contributed by atoms with Crippen LogP contribution >= 0.6 is 0 Å². The Morgan fingerprint density at radius 3 is 2.41 bits per heavy atom. The van der Waals surface area contributed by atoms with E-state index >= 15 is 0 Å². The molecule has 0 atom stereocenters. The summed E-state index contributed by atoms with van der Waals surface area (Å²) < 4.78 is 27.7. The highest BCUT2D eigenvalue weighted by Gasteiger charge is 2.21. The van der Waals surface area contributed by atoms with E-state index in [-0.39, 0.29) is 29.7 Å². The van der Waals surface area contributed by atoms with Gasteiger partial charge in [0.25, 0.3) is 0 Å². The molecule has 2 N–H and O–H groups in total. The summed E-state index contributed by atoms with van der Waals surface area (Å²) in [5, 5.41) is 2.81. The summed E-state index contributed by atoms with van der Waals surface area (Å²) in [6.45, 7) is 1.14. The smallest absolute Gasteiger partial charge is 0.240 e. The molecule has 2 amide bonds. The van der Waals surface area contributed by atoms with E-state index in [0.29, 0.717) is 13.0 Å². The van der Waals surface area contributed by atoms with E-state index < -0.39 is 10.0 Å².